The van der Waals surface area contributed by atoms with Crippen LogP contribution in [0.25, 0.3) is 11.1 Å². The zero-order valence-corrected chi connectivity index (χ0v) is 17.2. The maximum absolute atomic E-state index is 12.2. The number of hydrogen-bond acceptors (Lipinski definition) is 7. The lowest BCUT2D eigenvalue weighted by Gasteiger charge is -2.19. The lowest BCUT2D eigenvalue weighted by Crippen LogP contribution is -2.28. The molecule has 1 aromatic heterocycles. The summed E-state index contributed by atoms with van der Waals surface area (Å²) in [5, 5.41) is 0.482. The summed E-state index contributed by atoms with van der Waals surface area (Å²) in [6.07, 6.45) is 2.23. The molecular weight excluding hydrogens is 370 g/mol. The van der Waals surface area contributed by atoms with Crippen molar-refractivity contribution in [2.45, 2.75) is 51.0 Å². The molecular formula is C19H27NO4S2. The van der Waals surface area contributed by atoms with E-state index in [4.69, 9.17) is 13.9 Å². The molecule has 0 spiro atoms. The van der Waals surface area contributed by atoms with Crippen LogP contribution in [-0.4, -0.2) is 47.0 Å². The monoisotopic (exact) mass is 397 g/mol. The second-order valence-corrected chi connectivity index (χ2v) is 8.24. The van der Waals surface area contributed by atoms with Crippen LogP contribution >= 0.6 is 23.5 Å². The molecule has 0 bridgehead atoms. The number of unbranched alkanes of at least 4 members (excludes halogenated alkanes) is 1. The van der Waals surface area contributed by atoms with Gasteiger partial charge in [-0.05, 0) is 38.2 Å². The van der Waals surface area contributed by atoms with E-state index in [2.05, 4.69) is 11.9 Å². The number of carbonyl (C=O) groups excluding carboxylic acids is 1. The van der Waals surface area contributed by atoms with Gasteiger partial charge in [-0.25, -0.2) is 4.98 Å². The molecule has 0 amide bonds. The Morgan fingerprint density at radius 2 is 2.12 bits per heavy atom. The highest BCUT2D eigenvalue weighted by molar-refractivity contribution is 7.99. The van der Waals surface area contributed by atoms with Crippen LogP contribution in [0.1, 0.15) is 33.6 Å². The molecule has 0 radical (unpaired) electrons. The molecule has 0 saturated carbocycles. The normalized spacial score (nSPS) is 12.6. The summed E-state index contributed by atoms with van der Waals surface area (Å²) in [6.45, 7) is 6.55. The van der Waals surface area contributed by atoms with Crippen molar-refractivity contribution in [2.75, 3.05) is 23.9 Å². The number of esters is 1. The van der Waals surface area contributed by atoms with Crippen LogP contribution in [0.15, 0.2) is 33.9 Å². The van der Waals surface area contributed by atoms with Crippen molar-refractivity contribution >= 4 is 40.6 Å². The van der Waals surface area contributed by atoms with Gasteiger partial charge in [-0.1, -0.05) is 37.2 Å². The Hall–Kier alpha value is -1.18. The molecule has 1 unspecified atom stereocenters. The Kier molecular flexibility index (Phi) is 9.36. The summed E-state index contributed by atoms with van der Waals surface area (Å²) >= 11 is 3.05. The summed E-state index contributed by atoms with van der Waals surface area (Å²) in [4.78, 5) is 16.6. The molecule has 0 N–H and O–H groups in total. The molecule has 1 aromatic carbocycles. The van der Waals surface area contributed by atoms with Crippen LogP contribution in [0.4, 0.5) is 0 Å². The molecule has 1 atom stereocenters. The number of aromatic nitrogens is 1. The van der Waals surface area contributed by atoms with Gasteiger partial charge in [0.25, 0.3) is 5.22 Å². The average Bonchev–Trinajstić information content (AvgIpc) is 3.04. The number of fused-ring (bicyclic) bond motifs is 1. The van der Waals surface area contributed by atoms with Crippen molar-refractivity contribution in [3.63, 3.8) is 0 Å². The largest absolute Gasteiger partial charge is 0.458 e. The van der Waals surface area contributed by atoms with Crippen molar-refractivity contribution in [3.8, 4) is 0 Å². The number of oxazole rings is 1. The first-order valence-electron chi connectivity index (χ1n) is 8.95. The fourth-order valence-corrected chi connectivity index (χ4v) is 3.84. The van der Waals surface area contributed by atoms with Gasteiger partial charge < -0.3 is 13.9 Å². The van der Waals surface area contributed by atoms with Gasteiger partial charge in [0, 0.05) is 5.75 Å². The Morgan fingerprint density at radius 3 is 2.85 bits per heavy atom. The summed E-state index contributed by atoms with van der Waals surface area (Å²) in [5.41, 5.74) is 1.51. The Balaban J connectivity index is 1.80. The minimum Gasteiger partial charge on any atom is -0.458 e. The number of nitrogens with zero attached hydrogens (tertiary/aromatic N) is 1. The minimum absolute atomic E-state index is 0.117. The van der Waals surface area contributed by atoms with Crippen LogP contribution < -0.4 is 0 Å². The molecule has 0 fully saturated rings. The van der Waals surface area contributed by atoms with E-state index < -0.39 is 0 Å². The number of hydrogen-bond donors (Lipinski definition) is 0. The van der Waals surface area contributed by atoms with Gasteiger partial charge in [-0.15, -0.1) is 0 Å². The number of thioether (sulfide) groups is 2. The van der Waals surface area contributed by atoms with E-state index in [0.717, 1.165) is 22.6 Å². The number of para-hydroxylation sites is 2. The first kappa shape index (κ1) is 21.1. The maximum atomic E-state index is 12.2. The van der Waals surface area contributed by atoms with Crippen LogP contribution in [0, 0.1) is 0 Å². The first-order valence-corrected chi connectivity index (χ1v) is 11.1. The summed E-state index contributed by atoms with van der Waals surface area (Å²) in [5.74, 6) is 1.73. The average molecular weight is 398 g/mol. The van der Waals surface area contributed by atoms with Crippen LogP contribution in [0.3, 0.4) is 0 Å². The number of benzene rings is 1. The third kappa shape index (κ3) is 7.60. The number of carbonyl (C=O) groups is 1. The van der Waals surface area contributed by atoms with Gasteiger partial charge >= 0.3 is 5.97 Å². The molecule has 0 aliphatic carbocycles. The van der Waals surface area contributed by atoms with Crippen LogP contribution in [0.2, 0.25) is 0 Å². The van der Waals surface area contributed by atoms with E-state index in [1.807, 2.05) is 38.1 Å². The van der Waals surface area contributed by atoms with Crippen molar-refractivity contribution in [1.82, 2.24) is 4.98 Å². The van der Waals surface area contributed by atoms with Gasteiger partial charge in [0.15, 0.2) is 5.58 Å². The second kappa shape index (κ2) is 11.5. The highest BCUT2D eigenvalue weighted by atomic mass is 32.2. The predicted molar refractivity (Wildman–Crippen MR) is 108 cm³/mol. The van der Waals surface area contributed by atoms with Gasteiger partial charge in [0.2, 0.25) is 0 Å². The summed E-state index contributed by atoms with van der Waals surface area (Å²) in [7, 11) is 0. The van der Waals surface area contributed by atoms with Gasteiger partial charge in [-0.2, -0.15) is 11.8 Å². The number of ether oxygens (including phenoxy) is 2. The van der Waals surface area contributed by atoms with E-state index in [1.54, 1.807) is 11.8 Å². The van der Waals surface area contributed by atoms with Crippen molar-refractivity contribution in [1.29, 1.82) is 0 Å². The van der Waals surface area contributed by atoms with Crippen LogP contribution in [0.5, 0.6) is 0 Å². The molecule has 144 valence electrons. The third-order valence-electron chi connectivity index (χ3n) is 3.45. The fraction of sp³-hybridized carbons (Fsp3) is 0.579. The standard InChI is InChI=1S/C19H27NO4S2/c1-4-5-10-25-12-15(11-22-14(2)3)23-18(21)13-26-19-20-16-8-6-7-9-17(16)24-19/h6-9,14-15H,4-5,10-13H2,1-3H3. The summed E-state index contributed by atoms with van der Waals surface area (Å²) < 4.78 is 16.8. The van der Waals surface area contributed by atoms with Crippen molar-refractivity contribution in [2.24, 2.45) is 0 Å². The second-order valence-electron chi connectivity index (χ2n) is 6.16. The third-order valence-corrected chi connectivity index (χ3v) is 5.43. The number of rotatable bonds is 12. The first-order chi connectivity index (χ1) is 12.6. The van der Waals surface area contributed by atoms with Gasteiger partial charge in [0.1, 0.15) is 17.4 Å². The molecule has 26 heavy (non-hydrogen) atoms. The van der Waals surface area contributed by atoms with E-state index in [-0.39, 0.29) is 23.9 Å². The molecule has 5 nitrogen and oxygen atoms in total. The lowest BCUT2D eigenvalue weighted by molar-refractivity contribution is -0.148. The van der Waals surface area contributed by atoms with Crippen molar-refractivity contribution in [3.05, 3.63) is 24.3 Å². The molecule has 0 saturated heterocycles. The quantitative estimate of drug-likeness (QED) is 0.290. The van der Waals surface area contributed by atoms with Gasteiger partial charge in [-0.3, -0.25) is 4.79 Å². The molecule has 0 aliphatic heterocycles. The van der Waals surface area contributed by atoms with Crippen molar-refractivity contribution < 1.29 is 18.7 Å². The fourth-order valence-electron chi connectivity index (χ4n) is 2.13. The van der Waals surface area contributed by atoms with E-state index >= 15 is 0 Å². The zero-order valence-electron chi connectivity index (χ0n) is 15.6. The molecule has 2 aromatic rings. The summed E-state index contributed by atoms with van der Waals surface area (Å²) in [6, 6.07) is 7.54. The van der Waals surface area contributed by atoms with E-state index in [0.29, 0.717) is 11.8 Å². The lowest BCUT2D eigenvalue weighted by atomic mass is 10.3. The zero-order chi connectivity index (χ0) is 18.8. The highest BCUT2D eigenvalue weighted by Gasteiger charge is 2.17. The molecule has 0 aliphatic rings. The minimum atomic E-state index is -0.272. The van der Waals surface area contributed by atoms with Crippen LogP contribution in [-0.2, 0) is 14.3 Å². The Labute approximate surface area is 163 Å². The predicted octanol–water partition coefficient (Wildman–Crippen LogP) is 4.79. The topological polar surface area (TPSA) is 61.6 Å². The van der Waals surface area contributed by atoms with E-state index in [9.17, 15) is 4.79 Å². The van der Waals surface area contributed by atoms with E-state index in [1.165, 1.54) is 24.6 Å². The molecule has 7 heteroatoms. The Morgan fingerprint density at radius 1 is 1.31 bits per heavy atom. The highest BCUT2D eigenvalue weighted by Crippen LogP contribution is 2.23. The molecule has 1 heterocycles. The maximum Gasteiger partial charge on any atom is 0.316 e. The Bertz CT molecular complexity index is 641. The SMILES string of the molecule is CCCCSCC(COC(C)C)OC(=O)CSc1nc2ccccc2o1. The van der Waals surface area contributed by atoms with Gasteiger partial charge in [0.05, 0.1) is 12.7 Å². The molecule has 2 rings (SSSR count). The smallest absolute Gasteiger partial charge is 0.316 e.